The van der Waals surface area contributed by atoms with E-state index in [0.29, 0.717) is 17.9 Å². The molecule has 7 nitrogen and oxygen atoms in total. The highest BCUT2D eigenvalue weighted by molar-refractivity contribution is 7.92. The summed E-state index contributed by atoms with van der Waals surface area (Å²) in [6.07, 6.45) is 1.73. The molecule has 1 aromatic heterocycles. The van der Waals surface area contributed by atoms with Gasteiger partial charge in [-0.3, -0.25) is 0 Å². The number of nitrogens with zero attached hydrogens (tertiary/aromatic N) is 2. The van der Waals surface area contributed by atoms with Crippen LogP contribution in [0.4, 0.5) is 11.6 Å². The van der Waals surface area contributed by atoms with Crippen molar-refractivity contribution in [3.05, 3.63) is 95.1 Å². The Morgan fingerprint density at radius 2 is 1.62 bits per heavy atom. The summed E-state index contributed by atoms with van der Waals surface area (Å²) >= 11 is 0. The van der Waals surface area contributed by atoms with Crippen LogP contribution >= 0.6 is 0 Å². The van der Waals surface area contributed by atoms with E-state index in [9.17, 15) is 8.42 Å². The Morgan fingerprint density at radius 1 is 0.925 bits per heavy atom. The molecule has 0 saturated carbocycles. The zero-order valence-corrected chi connectivity index (χ0v) is 24.5. The van der Waals surface area contributed by atoms with E-state index >= 15 is 0 Å². The number of hydrogen-bond acceptors (Lipinski definition) is 6. The fraction of sp³-hybridized carbons (Fsp3) is 0.312. The predicted molar refractivity (Wildman–Crippen MR) is 160 cm³/mol. The lowest BCUT2D eigenvalue weighted by Gasteiger charge is -2.23. The number of aromatic nitrogens is 2. The fourth-order valence-corrected chi connectivity index (χ4v) is 5.82. The van der Waals surface area contributed by atoms with Gasteiger partial charge in [0.15, 0.2) is 0 Å². The molecule has 2 N–H and O–H groups in total. The molecule has 208 valence electrons. The van der Waals surface area contributed by atoms with Gasteiger partial charge in [-0.05, 0) is 72.6 Å². The third-order valence-electron chi connectivity index (χ3n) is 7.08. The lowest BCUT2D eigenvalue weighted by atomic mass is 9.88. The van der Waals surface area contributed by atoms with Crippen molar-refractivity contribution in [1.29, 1.82) is 0 Å². The largest absolute Gasteiger partial charge is 0.467 e. The molecule has 0 radical (unpaired) electrons. The number of hydrogen-bond donors (Lipinski definition) is 2. The van der Waals surface area contributed by atoms with E-state index in [1.165, 1.54) is 5.56 Å². The maximum atomic E-state index is 13.2. The Hall–Kier alpha value is -3.91. The number of rotatable bonds is 4. The van der Waals surface area contributed by atoms with Gasteiger partial charge in [0.25, 0.3) is 10.0 Å². The fourth-order valence-electron chi connectivity index (χ4n) is 4.83. The van der Waals surface area contributed by atoms with Crippen molar-refractivity contribution in [2.75, 3.05) is 16.6 Å². The van der Waals surface area contributed by atoms with Gasteiger partial charge < -0.3 is 10.1 Å². The minimum Gasteiger partial charge on any atom is -0.467 e. The van der Waals surface area contributed by atoms with Gasteiger partial charge in [-0.15, -0.1) is 0 Å². The van der Waals surface area contributed by atoms with Gasteiger partial charge in [-0.1, -0.05) is 69.3 Å². The SMILES string of the molecule is Cc1cccc(C)c1-c1cc2nc(n1)NS(=O)(=O)c1cccc(c1)NC[C@@H](c1ccc(CCC(C)(C)C)cc1)O2. The summed E-state index contributed by atoms with van der Waals surface area (Å²) in [5.41, 5.74) is 6.79. The second kappa shape index (κ2) is 10.9. The Morgan fingerprint density at radius 3 is 2.33 bits per heavy atom. The topological polar surface area (TPSA) is 93.2 Å². The molecule has 1 aliphatic heterocycles. The average Bonchev–Trinajstić information content (AvgIpc) is 2.89. The van der Waals surface area contributed by atoms with Gasteiger partial charge in [0.1, 0.15) is 6.10 Å². The zero-order valence-electron chi connectivity index (χ0n) is 23.7. The molecule has 0 unspecified atom stereocenters. The molecule has 1 aliphatic rings. The number of sulfonamides is 1. The molecule has 40 heavy (non-hydrogen) atoms. The number of benzene rings is 3. The molecule has 0 spiro atoms. The Balaban J connectivity index is 1.57. The van der Waals surface area contributed by atoms with Crippen molar-refractivity contribution in [3.63, 3.8) is 0 Å². The van der Waals surface area contributed by atoms with Crippen LogP contribution in [0.3, 0.4) is 0 Å². The van der Waals surface area contributed by atoms with Crippen LogP contribution in [0.2, 0.25) is 0 Å². The van der Waals surface area contributed by atoms with E-state index in [-0.39, 0.29) is 28.2 Å². The second-order valence-electron chi connectivity index (χ2n) is 11.6. The number of anilines is 2. The smallest absolute Gasteiger partial charge is 0.264 e. The van der Waals surface area contributed by atoms with E-state index in [4.69, 9.17) is 4.74 Å². The first-order valence-corrected chi connectivity index (χ1v) is 15.0. The van der Waals surface area contributed by atoms with E-state index in [2.05, 4.69) is 65.0 Å². The van der Waals surface area contributed by atoms with E-state index < -0.39 is 10.0 Å². The summed E-state index contributed by atoms with van der Waals surface area (Å²) in [5.74, 6) is 0.253. The summed E-state index contributed by atoms with van der Waals surface area (Å²) in [6.45, 7) is 11.2. The summed E-state index contributed by atoms with van der Waals surface area (Å²) in [5, 5.41) is 3.36. The first kappa shape index (κ1) is 27.6. The van der Waals surface area contributed by atoms with Crippen molar-refractivity contribution < 1.29 is 13.2 Å². The van der Waals surface area contributed by atoms with Crippen molar-refractivity contribution in [3.8, 4) is 17.1 Å². The summed E-state index contributed by atoms with van der Waals surface area (Å²) in [4.78, 5) is 9.22. The monoisotopic (exact) mass is 556 g/mol. The molecule has 0 amide bonds. The highest BCUT2D eigenvalue weighted by Gasteiger charge is 2.23. The molecule has 4 bridgehead atoms. The number of nitrogens with one attached hydrogen (secondary N) is 2. The summed E-state index contributed by atoms with van der Waals surface area (Å²) in [7, 11) is -3.92. The quantitative estimate of drug-likeness (QED) is 0.279. The number of aryl methyl sites for hydroxylation is 3. The van der Waals surface area contributed by atoms with E-state index in [1.807, 2.05) is 38.1 Å². The Kier molecular flexibility index (Phi) is 7.55. The molecular formula is C32H36N4O3S. The molecule has 1 atom stereocenters. The Bertz CT molecular complexity index is 1610. The molecule has 0 aliphatic carbocycles. The van der Waals surface area contributed by atoms with Crippen LogP contribution in [0, 0.1) is 19.3 Å². The van der Waals surface area contributed by atoms with Gasteiger partial charge >= 0.3 is 0 Å². The normalized spacial score (nSPS) is 16.5. The van der Waals surface area contributed by atoms with Gasteiger partial charge in [-0.25, -0.2) is 18.1 Å². The molecular weight excluding hydrogens is 520 g/mol. The average molecular weight is 557 g/mol. The third kappa shape index (κ3) is 6.45. The lowest BCUT2D eigenvalue weighted by Crippen LogP contribution is -2.21. The van der Waals surface area contributed by atoms with Crippen molar-refractivity contribution in [2.24, 2.45) is 5.41 Å². The molecule has 0 saturated heterocycles. The van der Waals surface area contributed by atoms with E-state index in [0.717, 1.165) is 35.1 Å². The Labute approximate surface area is 237 Å². The third-order valence-corrected chi connectivity index (χ3v) is 8.41. The zero-order chi connectivity index (χ0) is 28.5. The maximum Gasteiger partial charge on any atom is 0.264 e. The standard InChI is InChI=1S/C32H36N4O3S/c1-21-8-6-9-22(2)30(21)27-19-29-35-31(34-27)36-40(37,38)26-11-7-10-25(18-26)33-20-28(39-29)24-14-12-23(13-15-24)16-17-32(3,4)5/h6-15,18-19,28,33H,16-17,20H2,1-5H3,(H,34,35,36)/t28-/m0/s1. The van der Waals surface area contributed by atoms with Gasteiger partial charge in [0.2, 0.25) is 11.8 Å². The molecule has 5 rings (SSSR count). The van der Waals surface area contributed by atoms with Crippen LogP contribution in [0.25, 0.3) is 11.3 Å². The van der Waals surface area contributed by atoms with Crippen molar-refractivity contribution in [1.82, 2.24) is 9.97 Å². The second-order valence-corrected chi connectivity index (χ2v) is 13.3. The minimum atomic E-state index is -3.92. The van der Waals surface area contributed by atoms with Crippen LogP contribution in [-0.2, 0) is 16.4 Å². The number of ether oxygens (including phenoxy) is 1. The number of fused-ring (bicyclic) bond motifs is 4. The molecule has 4 aromatic rings. The highest BCUT2D eigenvalue weighted by atomic mass is 32.2. The van der Waals surface area contributed by atoms with Crippen molar-refractivity contribution >= 4 is 21.7 Å². The summed E-state index contributed by atoms with van der Waals surface area (Å²) in [6, 6.07) is 23.0. The predicted octanol–water partition coefficient (Wildman–Crippen LogP) is 7.09. The van der Waals surface area contributed by atoms with Crippen LogP contribution in [0.15, 0.2) is 77.7 Å². The van der Waals surface area contributed by atoms with E-state index in [1.54, 1.807) is 24.3 Å². The highest BCUT2D eigenvalue weighted by Crippen LogP contribution is 2.32. The summed E-state index contributed by atoms with van der Waals surface area (Å²) < 4.78 is 35.5. The molecule has 0 fully saturated rings. The first-order chi connectivity index (χ1) is 19.0. The van der Waals surface area contributed by atoms with Gasteiger partial charge in [-0.2, -0.15) is 4.98 Å². The van der Waals surface area contributed by atoms with Gasteiger partial charge in [0, 0.05) is 17.3 Å². The van der Waals surface area contributed by atoms with Crippen LogP contribution < -0.4 is 14.8 Å². The van der Waals surface area contributed by atoms with Crippen LogP contribution in [-0.4, -0.2) is 24.9 Å². The van der Waals surface area contributed by atoms with Crippen molar-refractivity contribution in [2.45, 2.75) is 58.5 Å². The molecule has 2 heterocycles. The van der Waals surface area contributed by atoms with Crippen LogP contribution in [0.5, 0.6) is 5.88 Å². The minimum absolute atomic E-state index is 0.0367. The van der Waals surface area contributed by atoms with Crippen LogP contribution in [0.1, 0.15) is 55.5 Å². The lowest BCUT2D eigenvalue weighted by molar-refractivity contribution is 0.210. The molecule has 3 aromatic carbocycles. The maximum absolute atomic E-state index is 13.2. The van der Waals surface area contributed by atoms with Gasteiger partial charge in [0.05, 0.1) is 17.1 Å². The molecule has 8 heteroatoms. The first-order valence-electron chi connectivity index (χ1n) is 13.5.